The van der Waals surface area contributed by atoms with E-state index in [4.69, 9.17) is 5.73 Å². The third-order valence-electron chi connectivity index (χ3n) is 4.08. The van der Waals surface area contributed by atoms with E-state index in [2.05, 4.69) is 24.4 Å². The molecule has 2 rings (SSSR count). The Kier molecular flexibility index (Phi) is 3.78. The molecule has 1 aliphatic rings. The van der Waals surface area contributed by atoms with E-state index in [9.17, 15) is 4.79 Å². The Morgan fingerprint density at radius 2 is 2.33 bits per heavy atom. The lowest BCUT2D eigenvalue weighted by molar-refractivity contribution is -0.131. The van der Waals surface area contributed by atoms with Crippen LogP contribution in [0.1, 0.15) is 48.9 Å². The topological polar surface area (TPSA) is 55.1 Å². The lowest BCUT2D eigenvalue weighted by Gasteiger charge is -2.29. The molecule has 0 bridgehead atoms. The van der Waals surface area contributed by atoms with Crippen molar-refractivity contribution in [3.8, 4) is 0 Å². The predicted molar refractivity (Wildman–Crippen MR) is 75.5 cm³/mol. The van der Waals surface area contributed by atoms with Crippen molar-refractivity contribution < 1.29 is 4.79 Å². The molecule has 1 aromatic heterocycles. The lowest BCUT2D eigenvalue weighted by atomic mass is 9.84. The molecule has 0 aromatic carbocycles. The molecule has 1 heterocycles. The van der Waals surface area contributed by atoms with Gasteiger partial charge in [0.2, 0.25) is 5.91 Å². The first kappa shape index (κ1) is 13.6. The van der Waals surface area contributed by atoms with Crippen LogP contribution in [-0.4, -0.2) is 11.9 Å². The van der Waals surface area contributed by atoms with Gasteiger partial charge in [-0.05, 0) is 45.7 Å². The molecule has 100 valence electrons. The maximum Gasteiger partial charge on any atom is 0.228 e. The van der Waals surface area contributed by atoms with Crippen molar-refractivity contribution in [1.29, 1.82) is 0 Å². The van der Waals surface area contributed by atoms with Crippen molar-refractivity contribution in [3.05, 3.63) is 21.9 Å². The van der Waals surface area contributed by atoms with Crippen molar-refractivity contribution >= 4 is 17.2 Å². The molecule has 0 aliphatic heterocycles. The second kappa shape index (κ2) is 5.02. The van der Waals surface area contributed by atoms with E-state index in [0.29, 0.717) is 0 Å². The molecule has 3 unspecified atom stereocenters. The number of hydrogen-bond acceptors (Lipinski definition) is 3. The Bertz CT molecular complexity index is 443. The zero-order chi connectivity index (χ0) is 13.3. The summed E-state index contributed by atoms with van der Waals surface area (Å²) >= 11 is 1.73. The Morgan fingerprint density at radius 3 is 2.83 bits per heavy atom. The van der Waals surface area contributed by atoms with Gasteiger partial charge in [-0.3, -0.25) is 4.79 Å². The molecule has 3 atom stereocenters. The summed E-state index contributed by atoms with van der Waals surface area (Å²) in [5.74, 6) is 0.103. The van der Waals surface area contributed by atoms with E-state index in [1.54, 1.807) is 11.3 Å². The Labute approximate surface area is 113 Å². The zero-order valence-electron chi connectivity index (χ0n) is 11.3. The number of hydrogen-bond donors (Lipinski definition) is 2. The van der Waals surface area contributed by atoms with Gasteiger partial charge in [0.1, 0.15) is 0 Å². The fourth-order valence-corrected chi connectivity index (χ4v) is 3.47. The maximum atomic E-state index is 12.4. The zero-order valence-corrected chi connectivity index (χ0v) is 12.1. The number of amides is 1. The molecule has 1 saturated carbocycles. The molecule has 18 heavy (non-hydrogen) atoms. The van der Waals surface area contributed by atoms with E-state index >= 15 is 0 Å². The van der Waals surface area contributed by atoms with Crippen LogP contribution in [0.2, 0.25) is 0 Å². The molecule has 0 spiro atoms. The Balaban J connectivity index is 2.03. The third-order valence-corrected chi connectivity index (χ3v) is 5.27. The molecule has 1 fully saturated rings. The van der Waals surface area contributed by atoms with Gasteiger partial charge in [-0.15, -0.1) is 11.3 Å². The summed E-state index contributed by atoms with van der Waals surface area (Å²) in [6, 6.07) is 4.24. The number of aryl methyl sites for hydroxylation is 1. The molecule has 1 aromatic rings. The van der Waals surface area contributed by atoms with Gasteiger partial charge in [0.15, 0.2) is 0 Å². The highest BCUT2D eigenvalue weighted by Gasteiger charge is 2.43. The van der Waals surface area contributed by atoms with Crippen LogP contribution in [0.15, 0.2) is 12.1 Å². The van der Waals surface area contributed by atoms with Crippen LogP contribution in [0.25, 0.3) is 0 Å². The fourth-order valence-electron chi connectivity index (χ4n) is 2.59. The summed E-state index contributed by atoms with van der Waals surface area (Å²) in [6.07, 6.45) is 2.91. The van der Waals surface area contributed by atoms with Crippen LogP contribution >= 0.6 is 11.3 Å². The van der Waals surface area contributed by atoms with E-state index in [1.807, 2.05) is 13.8 Å². The predicted octanol–water partition coefficient (Wildman–Crippen LogP) is 2.75. The quantitative estimate of drug-likeness (QED) is 0.884. The first-order valence-electron chi connectivity index (χ1n) is 6.56. The molecule has 1 aliphatic carbocycles. The summed E-state index contributed by atoms with van der Waals surface area (Å²) in [5, 5.41) is 3.11. The van der Waals surface area contributed by atoms with Crippen molar-refractivity contribution in [2.45, 2.75) is 52.1 Å². The highest BCUT2D eigenvalue weighted by atomic mass is 32.1. The molecular weight excluding hydrogens is 244 g/mol. The third kappa shape index (κ3) is 2.45. The van der Waals surface area contributed by atoms with Crippen molar-refractivity contribution in [2.75, 3.05) is 0 Å². The van der Waals surface area contributed by atoms with Crippen LogP contribution in [0.3, 0.4) is 0 Å². The van der Waals surface area contributed by atoms with Crippen molar-refractivity contribution in [1.82, 2.24) is 5.32 Å². The summed E-state index contributed by atoms with van der Waals surface area (Å²) in [5.41, 5.74) is 5.69. The van der Waals surface area contributed by atoms with Crippen molar-refractivity contribution in [2.24, 2.45) is 11.1 Å². The van der Waals surface area contributed by atoms with Gasteiger partial charge < -0.3 is 11.1 Å². The lowest BCUT2D eigenvalue weighted by Crippen LogP contribution is -2.47. The van der Waals surface area contributed by atoms with Crippen LogP contribution in [-0.2, 0) is 4.79 Å². The van der Waals surface area contributed by atoms with Gasteiger partial charge in [0.05, 0.1) is 11.5 Å². The van der Waals surface area contributed by atoms with Gasteiger partial charge >= 0.3 is 0 Å². The summed E-state index contributed by atoms with van der Waals surface area (Å²) < 4.78 is 0. The Morgan fingerprint density at radius 1 is 1.61 bits per heavy atom. The Hall–Kier alpha value is -0.870. The largest absolute Gasteiger partial charge is 0.348 e. The molecule has 3 nitrogen and oxygen atoms in total. The van der Waals surface area contributed by atoms with Crippen LogP contribution < -0.4 is 11.1 Å². The fraction of sp³-hybridized carbons (Fsp3) is 0.643. The summed E-state index contributed by atoms with van der Waals surface area (Å²) in [6.45, 7) is 6.11. The van der Waals surface area contributed by atoms with E-state index in [1.165, 1.54) is 9.75 Å². The standard InChI is InChI=1S/C14H22N2OS/c1-9-6-7-11(18-9)10(2)16-13(17)14(3)8-4-5-12(14)15/h6-7,10,12H,4-5,8,15H2,1-3H3,(H,16,17). The van der Waals surface area contributed by atoms with Crippen LogP contribution in [0.4, 0.5) is 0 Å². The smallest absolute Gasteiger partial charge is 0.228 e. The normalized spacial score (nSPS) is 29.2. The minimum absolute atomic E-state index is 0.00484. The highest BCUT2D eigenvalue weighted by molar-refractivity contribution is 7.12. The minimum atomic E-state index is -0.388. The molecular formula is C14H22N2OS. The van der Waals surface area contributed by atoms with E-state index < -0.39 is 0 Å². The number of rotatable bonds is 3. The average molecular weight is 266 g/mol. The van der Waals surface area contributed by atoms with Crippen LogP contribution in [0.5, 0.6) is 0 Å². The van der Waals surface area contributed by atoms with Gasteiger partial charge in [-0.1, -0.05) is 6.42 Å². The van der Waals surface area contributed by atoms with Gasteiger partial charge in [-0.25, -0.2) is 0 Å². The average Bonchev–Trinajstić information content (AvgIpc) is 2.87. The summed E-state index contributed by atoms with van der Waals surface area (Å²) in [4.78, 5) is 14.9. The van der Waals surface area contributed by atoms with Crippen LogP contribution in [0, 0.1) is 12.3 Å². The monoisotopic (exact) mass is 266 g/mol. The number of carbonyl (C=O) groups is 1. The first-order chi connectivity index (χ1) is 8.43. The van der Waals surface area contributed by atoms with Crippen molar-refractivity contribution in [3.63, 3.8) is 0 Å². The maximum absolute atomic E-state index is 12.4. The van der Waals surface area contributed by atoms with Gasteiger partial charge in [0, 0.05) is 15.8 Å². The number of nitrogens with one attached hydrogen (secondary N) is 1. The summed E-state index contributed by atoms with van der Waals surface area (Å²) in [7, 11) is 0. The van der Waals surface area contributed by atoms with Gasteiger partial charge in [-0.2, -0.15) is 0 Å². The second-order valence-corrected chi connectivity index (χ2v) is 6.88. The first-order valence-corrected chi connectivity index (χ1v) is 7.38. The molecule has 4 heteroatoms. The number of carbonyl (C=O) groups excluding carboxylic acids is 1. The number of thiophene rings is 1. The number of nitrogens with two attached hydrogens (primary N) is 1. The van der Waals surface area contributed by atoms with E-state index in [0.717, 1.165) is 19.3 Å². The minimum Gasteiger partial charge on any atom is -0.348 e. The molecule has 0 radical (unpaired) electrons. The molecule has 3 N–H and O–H groups in total. The molecule has 0 saturated heterocycles. The van der Waals surface area contributed by atoms with E-state index in [-0.39, 0.29) is 23.4 Å². The second-order valence-electron chi connectivity index (χ2n) is 5.56. The SMILES string of the molecule is Cc1ccc(C(C)NC(=O)C2(C)CCCC2N)s1. The highest BCUT2D eigenvalue weighted by Crippen LogP contribution is 2.37. The van der Waals surface area contributed by atoms with Gasteiger partial charge in [0.25, 0.3) is 0 Å². The molecule has 1 amide bonds.